The SMILES string of the molecule is Cc1ccc(Cc2cc(Nc3ccc(S(=O)(=O)Nc4nccs4)cc3F)n(C(C)(C)C)n2)cc1. The topological polar surface area (TPSA) is 88.9 Å². The number of sulfonamides is 1. The van der Waals surface area contributed by atoms with Crippen molar-refractivity contribution in [2.45, 2.75) is 44.6 Å². The van der Waals surface area contributed by atoms with Crippen LogP contribution in [-0.2, 0) is 22.0 Å². The van der Waals surface area contributed by atoms with Gasteiger partial charge in [0.1, 0.15) is 11.6 Å². The molecule has 7 nitrogen and oxygen atoms in total. The van der Waals surface area contributed by atoms with Gasteiger partial charge in [0.05, 0.1) is 21.8 Å². The van der Waals surface area contributed by atoms with Crippen LogP contribution in [-0.4, -0.2) is 23.2 Å². The zero-order chi connectivity index (χ0) is 24.5. The second kappa shape index (κ2) is 9.19. The highest BCUT2D eigenvalue weighted by atomic mass is 32.2. The molecule has 0 atom stereocenters. The Kier molecular flexibility index (Phi) is 6.46. The van der Waals surface area contributed by atoms with Gasteiger partial charge in [-0.1, -0.05) is 29.8 Å². The van der Waals surface area contributed by atoms with E-state index >= 15 is 0 Å². The number of nitrogens with one attached hydrogen (secondary N) is 2. The molecule has 0 bridgehead atoms. The van der Waals surface area contributed by atoms with Gasteiger partial charge in [-0.2, -0.15) is 5.10 Å². The molecule has 0 amide bonds. The van der Waals surface area contributed by atoms with E-state index in [1.165, 1.54) is 23.9 Å². The van der Waals surface area contributed by atoms with Crippen molar-refractivity contribution < 1.29 is 12.8 Å². The van der Waals surface area contributed by atoms with Crippen LogP contribution in [0.2, 0.25) is 0 Å². The Hall–Kier alpha value is -3.24. The number of hydrogen-bond acceptors (Lipinski definition) is 6. The maximum absolute atomic E-state index is 15.0. The number of hydrogen-bond donors (Lipinski definition) is 2. The highest BCUT2D eigenvalue weighted by Gasteiger charge is 2.22. The van der Waals surface area contributed by atoms with Crippen molar-refractivity contribution in [3.63, 3.8) is 0 Å². The molecule has 0 saturated carbocycles. The van der Waals surface area contributed by atoms with Crippen molar-refractivity contribution in [3.8, 4) is 0 Å². The summed E-state index contributed by atoms with van der Waals surface area (Å²) in [6.45, 7) is 8.08. The Morgan fingerprint density at radius 2 is 1.82 bits per heavy atom. The molecular formula is C24H26FN5O2S2. The fourth-order valence-corrected chi connectivity index (χ4v) is 5.18. The molecule has 0 aliphatic rings. The van der Waals surface area contributed by atoms with Crippen molar-refractivity contribution in [2.24, 2.45) is 0 Å². The number of halogens is 1. The Morgan fingerprint density at radius 1 is 1.09 bits per heavy atom. The number of nitrogens with zero attached hydrogens (tertiary/aromatic N) is 3. The van der Waals surface area contributed by atoms with Gasteiger partial charge in [-0.15, -0.1) is 11.3 Å². The summed E-state index contributed by atoms with van der Waals surface area (Å²) in [4.78, 5) is 3.72. The van der Waals surface area contributed by atoms with Crippen molar-refractivity contribution >= 4 is 38.0 Å². The number of thiazole rings is 1. The number of rotatable bonds is 7. The van der Waals surface area contributed by atoms with Gasteiger partial charge in [0, 0.05) is 24.1 Å². The average Bonchev–Trinajstić information content (AvgIpc) is 3.40. The smallest absolute Gasteiger partial charge is 0.263 e. The van der Waals surface area contributed by atoms with Crippen molar-refractivity contribution in [3.05, 3.63) is 82.7 Å². The maximum Gasteiger partial charge on any atom is 0.263 e. The summed E-state index contributed by atoms with van der Waals surface area (Å²) in [5, 5.41) is 9.70. The lowest BCUT2D eigenvalue weighted by Gasteiger charge is -2.23. The molecule has 2 N–H and O–H groups in total. The molecule has 2 heterocycles. The normalized spacial score (nSPS) is 12.0. The first-order valence-electron chi connectivity index (χ1n) is 10.7. The first kappa shape index (κ1) is 23.9. The van der Waals surface area contributed by atoms with E-state index in [4.69, 9.17) is 5.10 Å². The zero-order valence-electron chi connectivity index (χ0n) is 19.3. The lowest BCUT2D eigenvalue weighted by Crippen LogP contribution is -2.24. The molecule has 0 radical (unpaired) electrons. The molecule has 0 aliphatic carbocycles. The summed E-state index contributed by atoms with van der Waals surface area (Å²) >= 11 is 1.14. The fraction of sp³-hybridized carbons (Fsp3) is 0.250. The third-order valence-electron chi connectivity index (χ3n) is 5.07. The van der Waals surface area contributed by atoms with Gasteiger partial charge in [0.2, 0.25) is 0 Å². The van der Waals surface area contributed by atoms with Crippen LogP contribution in [0.15, 0.2) is 65.0 Å². The quantitative estimate of drug-likeness (QED) is 0.342. The second-order valence-electron chi connectivity index (χ2n) is 8.98. The molecular weight excluding hydrogens is 473 g/mol. The summed E-state index contributed by atoms with van der Waals surface area (Å²) in [6.07, 6.45) is 2.13. The third kappa shape index (κ3) is 5.45. The molecule has 0 unspecified atom stereocenters. The first-order chi connectivity index (χ1) is 16.0. The van der Waals surface area contributed by atoms with Gasteiger partial charge in [0.15, 0.2) is 5.13 Å². The Labute approximate surface area is 202 Å². The van der Waals surface area contributed by atoms with Gasteiger partial charge in [-0.25, -0.2) is 22.5 Å². The molecule has 4 aromatic rings. The summed E-state index contributed by atoms with van der Waals surface area (Å²) in [5.74, 6) is -0.0752. The van der Waals surface area contributed by atoms with Crippen molar-refractivity contribution in [1.29, 1.82) is 0 Å². The number of aryl methyl sites for hydroxylation is 1. The Morgan fingerprint density at radius 3 is 2.44 bits per heavy atom. The van der Waals surface area contributed by atoms with E-state index in [-0.39, 0.29) is 21.3 Å². The van der Waals surface area contributed by atoms with Crippen LogP contribution < -0.4 is 10.0 Å². The maximum atomic E-state index is 15.0. The minimum atomic E-state index is -3.95. The van der Waals surface area contributed by atoms with Crippen LogP contribution in [0.3, 0.4) is 0 Å². The van der Waals surface area contributed by atoms with E-state index in [1.54, 1.807) is 5.38 Å². The summed E-state index contributed by atoms with van der Waals surface area (Å²) < 4.78 is 44.2. The lowest BCUT2D eigenvalue weighted by molar-refractivity contribution is 0.359. The van der Waals surface area contributed by atoms with Crippen LogP contribution in [0.25, 0.3) is 0 Å². The lowest BCUT2D eigenvalue weighted by atomic mass is 10.1. The molecule has 178 valence electrons. The molecule has 10 heteroatoms. The molecule has 0 aliphatic heterocycles. The van der Waals surface area contributed by atoms with E-state index in [2.05, 4.69) is 39.3 Å². The number of aromatic nitrogens is 3. The second-order valence-corrected chi connectivity index (χ2v) is 11.6. The van der Waals surface area contributed by atoms with Crippen LogP contribution in [0, 0.1) is 12.7 Å². The van der Waals surface area contributed by atoms with Gasteiger partial charge >= 0.3 is 0 Å². The fourth-order valence-electron chi connectivity index (χ4n) is 3.38. The van der Waals surface area contributed by atoms with Gasteiger partial charge < -0.3 is 5.32 Å². The van der Waals surface area contributed by atoms with Crippen LogP contribution in [0.5, 0.6) is 0 Å². The zero-order valence-corrected chi connectivity index (χ0v) is 21.0. The van der Waals surface area contributed by atoms with E-state index in [1.807, 2.05) is 38.4 Å². The molecule has 2 aromatic carbocycles. The Bertz CT molecular complexity index is 1390. The molecule has 34 heavy (non-hydrogen) atoms. The first-order valence-corrected chi connectivity index (χ1v) is 13.0. The van der Waals surface area contributed by atoms with E-state index < -0.39 is 15.8 Å². The molecule has 2 aromatic heterocycles. The minimum Gasteiger partial charge on any atom is -0.338 e. The van der Waals surface area contributed by atoms with E-state index in [0.717, 1.165) is 28.7 Å². The summed E-state index contributed by atoms with van der Waals surface area (Å²) in [7, 11) is -3.95. The standard InChI is InChI=1S/C24H26FN5O2S2/c1-16-5-7-17(8-6-16)13-18-14-22(30(28-18)24(2,3)4)27-21-10-9-19(15-20(21)25)34(31,32)29-23-26-11-12-33-23/h5-12,14-15,27H,13H2,1-4H3,(H,26,29). The van der Waals surface area contributed by atoms with Crippen LogP contribution in [0.1, 0.15) is 37.6 Å². The molecule has 0 fully saturated rings. The highest BCUT2D eigenvalue weighted by molar-refractivity contribution is 7.93. The molecule has 0 saturated heterocycles. The average molecular weight is 500 g/mol. The van der Waals surface area contributed by atoms with Crippen LogP contribution in [0.4, 0.5) is 21.0 Å². The van der Waals surface area contributed by atoms with Crippen molar-refractivity contribution in [2.75, 3.05) is 10.0 Å². The third-order valence-corrected chi connectivity index (χ3v) is 7.22. The largest absolute Gasteiger partial charge is 0.338 e. The number of benzene rings is 2. The predicted octanol–water partition coefficient (Wildman–Crippen LogP) is 5.68. The Balaban J connectivity index is 1.60. The number of anilines is 3. The summed E-state index contributed by atoms with van der Waals surface area (Å²) in [6, 6.07) is 13.9. The predicted molar refractivity (Wildman–Crippen MR) is 134 cm³/mol. The monoisotopic (exact) mass is 499 g/mol. The molecule has 4 rings (SSSR count). The van der Waals surface area contributed by atoms with Crippen molar-refractivity contribution in [1.82, 2.24) is 14.8 Å². The van der Waals surface area contributed by atoms with E-state index in [0.29, 0.717) is 12.2 Å². The van der Waals surface area contributed by atoms with Crippen LogP contribution >= 0.6 is 11.3 Å². The summed E-state index contributed by atoms with van der Waals surface area (Å²) in [5.41, 5.74) is 2.96. The minimum absolute atomic E-state index is 0.153. The molecule has 0 spiro atoms. The van der Waals surface area contributed by atoms with E-state index in [9.17, 15) is 12.8 Å². The van der Waals surface area contributed by atoms with Gasteiger partial charge in [-0.05, 0) is 51.5 Å². The van der Waals surface area contributed by atoms with Gasteiger partial charge in [-0.3, -0.25) is 4.72 Å². The van der Waals surface area contributed by atoms with Gasteiger partial charge in [0.25, 0.3) is 10.0 Å². The highest BCUT2D eigenvalue weighted by Crippen LogP contribution is 2.28.